The van der Waals surface area contributed by atoms with Crippen LogP contribution in [0.1, 0.15) is 26.5 Å². The van der Waals surface area contributed by atoms with Crippen molar-refractivity contribution >= 4 is 38.4 Å². The lowest BCUT2D eigenvalue weighted by atomic mass is 10.1. The van der Waals surface area contributed by atoms with Gasteiger partial charge in [-0.2, -0.15) is 13.2 Å². The number of ether oxygens (including phenoxy) is 2. The van der Waals surface area contributed by atoms with Gasteiger partial charge in [-0.3, -0.25) is 9.69 Å². The minimum Gasteiger partial charge on any atom is -0.437 e. The molecular formula is C28H30F3N7O3S. The fourth-order valence-corrected chi connectivity index (χ4v) is 5.55. The number of aromatic nitrogens is 4. The summed E-state index contributed by atoms with van der Waals surface area (Å²) in [5, 5.41) is 6.17. The third-order valence-electron chi connectivity index (χ3n) is 6.33. The molecule has 4 heterocycles. The molecule has 10 nitrogen and oxygen atoms in total. The first kappa shape index (κ1) is 29.6. The molecular weight excluding hydrogens is 571 g/mol. The molecule has 0 spiro atoms. The summed E-state index contributed by atoms with van der Waals surface area (Å²) < 4.78 is 53.4. The van der Waals surface area contributed by atoms with E-state index in [1.54, 1.807) is 12.1 Å². The zero-order valence-corrected chi connectivity index (χ0v) is 24.1. The molecule has 5 rings (SSSR count). The van der Waals surface area contributed by atoms with E-state index in [9.17, 15) is 18.0 Å². The molecule has 0 aliphatic carbocycles. The molecule has 1 atom stereocenters. The largest absolute Gasteiger partial charge is 0.437 e. The van der Waals surface area contributed by atoms with E-state index in [2.05, 4.69) is 49.3 Å². The van der Waals surface area contributed by atoms with Gasteiger partial charge in [-0.25, -0.2) is 19.9 Å². The van der Waals surface area contributed by atoms with Crippen LogP contribution in [0.5, 0.6) is 11.6 Å². The van der Waals surface area contributed by atoms with Crippen molar-refractivity contribution in [2.24, 2.45) is 5.92 Å². The van der Waals surface area contributed by atoms with Gasteiger partial charge in [0.15, 0.2) is 10.9 Å². The van der Waals surface area contributed by atoms with Crippen LogP contribution in [0.4, 0.5) is 24.1 Å². The van der Waals surface area contributed by atoms with Crippen LogP contribution >= 0.6 is 11.3 Å². The Morgan fingerprint density at radius 1 is 1.21 bits per heavy atom. The van der Waals surface area contributed by atoms with Crippen LogP contribution in [0.3, 0.4) is 0 Å². The second-order valence-corrected chi connectivity index (χ2v) is 11.3. The second-order valence-electron chi connectivity index (χ2n) is 10.3. The number of rotatable bonds is 9. The molecule has 1 aromatic carbocycles. The fourth-order valence-electron chi connectivity index (χ4n) is 4.62. The van der Waals surface area contributed by atoms with Crippen LogP contribution in [-0.2, 0) is 15.7 Å². The zero-order valence-electron chi connectivity index (χ0n) is 23.2. The van der Waals surface area contributed by atoms with Crippen molar-refractivity contribution in [3.63, 3.8) is 0 Å². The summed E-state index contributed by atoms with van der Waals surface area (Å²) in [6, 6.07) is 9.12. The van der Waals surface area contributed by atoms with Crippen LogP contribution in [0.2, 0.25) is 0 Å². The number of para-hydroxylation sites is 1. The number of nitrogens with one attached hydrogen (secondary N) is 2. The Kier molecular flexibility index (Phi) is 8.85. The van der Waals surface area contributed by atoms with Crippen molar-refractivity contribution in [1.82, 2.24) is 24.8 Å². The Bertz CT molecular complexity index is 1560. The zero-order chi connectivity index (χ0) is 29.9. The highest BCUT2D eigenvalue weighted by molar-refractivity contribution is 7.22. The van der Waals surface area contributed by atoms with Crippen molar-refractivity contribution in [3.8, 4) is 22.9 Å². The Morgan fingerprint density at radius 2 is 2.05 bits per heavy atom. The Hall–Kier alpha value is -3.88. The number of pyridine rings is 1. The Balaban J connectivity index is 1.40. The summed E-state index contributed by atoms with van der Waals surface area (Å²) in [6.45, 7) is 8.89. The number of carbonyl (C=O) groups is 1. The average molecular weight is 602 g/mol. The number of carbonyl (C=O) groups excluding carboxylic acids is 1. The van der Waals surface area contributed by atoms with Crippen LogP contribution in [0, 0.1) is 5.92 Å². The molecule has 14 heteroatoms. The van der Waals surface area contributed by atoms with E-state index >= 15 is 0 Å². The van der Waals surface area contributed by atoms with Crippen LogP contribution < -0.4 is 15.4 Å². The lowest BCUT2D eigenvalue weighted by Crippen LogP contribution is -2.46. The molecule has 0 saturated carbocycles. The minimum atomic E-state index is -4.62. The number of anilines is 2. The normalized spacial score (nSPS) is 16.1. The van der Waals surface area contributed by atoms with Crippen molar-refractivity contribution in [1.29, 1.82) is 0 Å². The van der Waals surface area contributed by atoms with Crippen molar-refractivity contribution in [2.75, 3.05) is 43.4 Å². The van der Waals surface area contributed by atoms with E-state index < -0.39 is 11.9 Å². The quantitative estimate of drug-likeness (QED) is 0.250. The van der Waals surface area contributed by atoms with Crippen LogP contribution in [-0.4, -0.2) is 69.6 Å². The van der Waals surface area contributed by atoms with E-state index in [1.807, 2.05) is 6.07 Å². The molecule has 0 unspecified atom stereocenters. The molecule has 1 aliphatic heterocycles. The second kappa shape index (κ2) is 12.5. The Morgan fingerprint density at radius 3 is 2.81 bits per heavy atom. The van der Waals surface area contributed by atoms with Crippen LogP contribution in [0.25, 0.3) is 21.5 Å². The number of thiazole rings is 1. The number of nitrogens with zero attached hydrogens (tertiary/aromatic N) is 5. The number of morpholine rings is 1. The molecule has 4 aromatic rings. The molecule has 222 valence electrons. The first-order valence-electron chi connectivity index (χ1n) is 13.4. The van der Waals surface area contributed by atoms with Crippen molar-refractivity contribution < 1.29 is 27.4 Å². The number of amides is 1. The maximum absolute atomic E-state index is 13.6. The maximum Gasteiger partial charge on any atom is 0.433 e. The third kappa shape index (κ3) is 7.30. The van der Waals surface area contributed by atoms with Gasteiger partial charge in [0.25, 0.3) is 0 Å². The summed E-state index contributed by atoms with van der Waals surface area (Å²) in [5.74, 6) is 0.834. The first-order chi connectivity index (χ1) is 20.0. The standard InChI is InChI=1S/C28H30F3N7O3S/c1-16(2)13-38-9-10-40-18(14-38)12-32-26-19(7-8-23(36-26)28(29,30)31)20-11-24(34-15-33-20)41-21-5-4-6-22-25(21)37-27(42-22)35-17(3)39/h4-8,11,15-16,18H,9-10,12-14H2,1-3H3,(H,32,36)(H,35,37,39)/t18-/m0/s1. The third-order valence-corrected chi connectivity index (χ3v) is 7.26. The van der Waals surface area contributed by atoms with Gasteiger partial charge in [0, 0.05) is 44.7 Å². The molecule has 3 aromatic heterocycles. The predicted octanol–water partition coefficient (Wildman–Crippen LogP) is 5.69. The predicted molar refractivity (Wildman–Crippen MR) is 154 cm³/mol. The van der Waals surface area contributed by atoms with Gasteiger partial charge >= 0.3 is 6.18 Å². The van der Waals surface area contributed by atoms with Gasteiger partial charge in [-0.15, -0.1) is 0 Å². The average Bonchev–Trinajstić information content (AvgIpc) is 3.34. The number of hydrogen-bond acceptors (Lipinski definition) is 10. The SMILES string of the molecule is CC(=O)Nc1nc2c(Oc3cc(-c4ccc(C(F)(F)F)nc4NC[C@H]4CN(CC(C)C)CCO4)ncn3)cccc2s1. The fraction of sp³-hybridized carbons (Fsp3) is 0.393. The summed E-state index contributed by atoms with van der Waals surface area (Å²) in [6.07, 6.45) is -3.57. The van der Waals surface area contributed by atoms with E-state index in [-0.39, 0.29) is 30.3 Å². The molecule has 1 aliphatic rings. The highest BCUT2D eigenvalue weighted by Crippen LogP contribution is 2.36. The number of halogens is 3. The summed E-state index contributed by atoms with van der Waals surface area (Å²) in [5.41, 5.74) is 0.184. The van der Waals surface area contributed by atoms with Crippen molar-refractivity contribution in [3.05, 3.63) is 48.4 Å². The molecule has 1 amide bonds. The smallest absolute Gasteiger partial charge is 0.433 e. The lowest BCUT2D eigenvalue weighted by Gasteiger charge is -2.34. The number of fused-ring (bicyclic) bond motifs is 1. The van der Waals surface area contributed by atoms with Crippen LogP contribution in [0.15, 0.2) is 42.7 Å². The van der Waals surface area contributed by atoms with Gasteiger partial charge in [0.1, 0.15) is 23.4 Å². The summed E-state index contributed by atoms with van der Waals surface area (Å²) >= 11 is 1.30. The number of hydrogen-bond donors (Lipinski definition) is 2. The number of alkyl halides is 3. The molecule has 2 N–H and O–H groups in total. The van der Waals surface area contributed by atoms with Gasteiger partial charge in [-0.1, -0.05) is 31.3 Å². The van der Waals surface area contributed by atoms with E-state index in [1.165, 1.54) is 36.7 Å². The summed E-state index contributed by atoms with van der Waals surface area (Å²) in [4.78, 5) is 30.6. The Labute approximate surface area is 244 Å². The monoisotopic (exact) mass is 601 g/mol. The van der Waals surface area contributed by atoms with E-state index in [4.69, 9.17) is 9.47 Å². The lowest BCUT2D eigenvalue weighted by molar-refractivity contribution is -0.141. The van der Waals surface area contributed by atoms with E-state index in [0.717, 1.165) is 23.9 Å². The highest BCUT2D eigenvalue weighted by atomic mass is 32.1. The van der Waals surface area contributed by atoms with Crippen molar-refractivity contribution in [2.45, 2.75) is 33.1 Å². The molecule has 1 saturated heterocycles. The molecule has 42 heavy (non-hydrogen) atoms. The first-order valence-corrected chi connectivity index (χ1v) is 14.2. The van der Waals surface area contributed by atoms with Gasteiger partial charge in [0.05, 0.1) is 23.1 Å². The topological polar surface area (TPSA) is 114 Å². The van der Waals surface area contributed by atoms with Gasteiger partial charge in [0.2, 0.25) is 11.8 Å². The molecule has 0 radical (unpaired) electrons. The maximum atomic E-state index is 13.6. The van der Waals surface area contributed by atoms with Gasteiger partial charge < -0.3 is 20.1 Å². The molecule has 1 fully saturated rings. The minimum absolute atomic E-state index is 0.0283. The molecule has 0 bridgehead atoms. The van der Waals surface area contributed by atoms with E-state index in [0.29, 0.717) is 46.7 Å². The van der Waals surface area contributed by atoms with Gasteiger partial charge in [-0.05, 0) is 30.2 Å². The number of benzene rings is 1. The summed E-state index contributed by atoms with van der Waals surface area (Å²) in [7, 11) is 0. The highest BCUT2D eigenvalue weighted by Gasteiger charge is 2.33.